The van der Waals surface area contributed by atoms with E-state index in [1.807, 2.05) is 67.6 Å². The Morgan fingerprint density at radius 2 is 1.66 bits per heavy atom. The quantitative estimate of drug-likeness (QED) is 0.235. The molecular formula is C32H31N3O2S. The van der Waals surface area contributed by atoms with Crippen LogP contribution in [0.5, 0.6) is 0 Å². The van der Waals surface area contributed by atoms with Crippen LogP contribution in [-0.2, 0) is 16.6 Å². The molecule has 2 aliphatic rings. The Balaban J connectivity index is 1.46. The van der Waals surface area contributed by atoms with Crippen LogP contribution in [0.3, 0.4) is 0 Å². The number of thioether (sulfide) groups is 1. The SMILES string of the molecule is Cc1ccccc1NC(=O)CSc1nc2c(c(=O)n1-c1ccccc1)C1(CCCCC1)Cc1ccccc1-2. The van der Waals surface area contributed by atoms with Crippen LogP contribution in [0.15, 0.2) is 88.8 Å². The smallest absolute Gasteiger partial charge is 0.263 e. The van der Waals surface area contributed by atoms with Gasteiger partial charge in [0.05, 0.1) is 22.7 Å². The fraction of sp³-hybridized carbons (Fsp3) is 0.281. The minimum absolute atomic E-state index is 0.000542. The highest BCUT2D eigenvalue weighted by atomic mass is 32.2. The lowest BCUT2D eigenvalue weighted by atomic mass is 9.62. The lowest BCUT2D eigenvalue weighted by molar-refractivity contribution is -0.113. The minimum atomic E-state index is -0.187. The monoisotopic (exact) mass is 521 g/mol. The van der Waals surface area contributed by atoms with Crippen molar-refractivity contribution in [1.82, 2.24) is 9.55 Å². The second-order valence-corrected chi connectivity index (χ2v) is 11.4. The molecule has 6 heteroatoms. The van der Waals surface area contributed by atoms with Crippen molar-refractivity contribution in [2.45, 2.75) is 56.0 Å². The summed E-state index contributed by atoms with van der Waals surface area (Å²) in [5, 5.41) is 3.55. The van der Waals surface area contributed by atoms with Gasteiger partial charge in [0.15, 0.2) is 5.16 Å². The molecule has 4 aromatic rings. The Kier molecular flexibility index (Phi) is 6.66. The van der Waals surface area contributed by atoms with Crippen LogP contribution in [0.2, 0.25) is 0 Å². The average molecular weight is 522 g/mol. The highest BCUT2D eigenvalue weighted by Gasteiger charge is 2.43. The molecule has 1 N–H and O–H groups in total. The molecule has 0 atom stereocenters. The number of carbonyl (C=O) groups is 1. The molecule has 0 aliphatic heterocycles. The summed E-state index contributed by atoms with van der Waals surface area (Å²) in [7, 11) is 0. The molecular weight excluding hydrogens is 490 g/mol. The average Bonchev–Trinajstić information content (AvgIpc) is 2.94. The van der Waals surface area contributed by atoms with E-state index in [9.17, 15) is 9.59 Å². The minimum Gasteiger partial charge on any atom is -0.325 e. The number of amides is 1. The summed E-state index contributed by atoms with van der Waals surface area (Å²) in [5.74, 6) is 0.0270. The number of nitrogens with one attached hydrogen (secondary N) is 1. The van der Waals surface area contributed by atoms with Crippen molar-refractivity contribution in [3.8, 4) is 16.9 Å². The van der Waals surface area contributed by atoms with E-state index in [1.165, 1.54) is 23.7 Å². The Labute approximate surface area is 227 Å². The summed E-state index contributed by atoms with van der Waals surface area (Å²) in [6.07, 6.45) is 6.36. The first kappa shape index (κ1) is 24.7. The van der Waals surface area contributed by atoms with Gasteiger partial charge in [0, 0.05) is 16.7 Å². The van der Waals surface area contributed by atoms with E-state index in [-0.39, 0.29) is 22.6 Å². The number of fused-ring (bicyclic) bond motifs is 4. The number of para-hydroxylation sites is 2. The van der Waals surface area contributed by atoms with Crippen LogP contribution >= 0.6 is 11.8 Å². The maximum Gasteiger partial charge on any atom is 0.263 e. The second-order valence-electron chi connectivity index (χ2n) is 10.4. The molecule has 1 saturated carbocycles. The van der Waals surface area contributed by atoms with Crippen molar-refractivity contribution >= 4 is 23.4 Å². The molecule has 2 aliphatic carbocycles. The van der Waals surface area contributed by atoms with Gasteiger partial charge in [-0.15, -0.1) is 0 Å². The number of anilines is 1. The molecule has 38 heavy (non-hydrogen) atoms. The van der Waals surface area contributed by atoms with Crippen molar-refractivity contribution in [3.63, 3.8) is 0 Å². The fourth-order valence-corrected chi connectivity index (χ4v) is 6.92. The van der Waals surface area contributed by atoms with E-state index in [0.29, 0.717) is 5.16 Å². The molecule has 6 rings (SSSR count). The number of hydrogen-bond acceptors (Lipinski definition) is 4. The standard InChI is InChI=1S/C32H31N3O2S/c1-22-12-6-9-17-26(22)33-27(36)21-38-31-34-29-25-16-8-7-13-23(25)20-32(18-10-3-11-19-32)28(29)30(37)35(31)24-14-4-2-5-15-24/h2,4-9,12-17H,3,10-11,18-21H2,1H3,(H,33,36). The van der Waals surface area contributed by atoms with Crippen molar-refractivity contribution in [2.75, 3.05) is 11.1 Å². The number of hydrogen-bond donors (Lipinski definition) is 1. The molecule has 3 aromatic carbocycles. The van der Waals surface area contributed by atoms with Crippen molar-refractivity contribution in [3.05, 3.63) is 106 Å². The number of aromatic nitrogens is 2. The lowest BCUT2D eigenvalue weighted by Crippen LogP contribution is -2.43. The molecule has 0 bridgehead atoms. The van der Waals surface area contributed by atoms with Crippen LogP contribution in [0.1, 0.15) is 48.8 Å². The van der Waals surface area contributed by atoms with Crippen molar-refractivity contribution in [1.29, 1.82) is 0 Å². The zero-order valence-electron chi connectivity index (χ0n) is 21.6. The number of benzene rings is 3. The Hall–Kier alpha value is -3.64. The molecule has 1 aromatic heterocycles. The third kappa shape index (κ3) is 4.47. The molecule has 1 spiro atoms. The summed E-state index contributed by atoms with van der Waals surface area (Å²) in [6, 6.07) is 25.8. The summed E-state index contributed by atoms with van der Waals surface area (Å²) >= 11 is 1.31. The van der Waals surface area contributed by atoms with Gasteiger partial charge in [0.25, 0.3) is 5.56 Å². The first-order valence-corrected chi connectivity index (χ1v) is 14.3. The van der Waals surface area contributed by atoms with Gasteiger partial charge < -0.3 is 5.32 Å². The molecule has 1 amide bonds. The number of carbonyl (C=O) groups excluding carboxylic acids is 1. The molecule has 1 heterocycles. The Morgan fingerprint density at radius 1 is 0.947 bits per heavy atom. The van der Waals surface area contributed by atoms with Gasteiger partial charge >= 0.3 is 0 Å². The van der Waals surface area contributed by atoms with Gasteiger partial charge in [0.2, 0.25) is 5.91 Å². The molecule has 5 nitrogen and oxygen atoms in total. The first-order chi connectivity index (χ1) is 18.6. The van der Waals surface area contributed by atoms with Gasteiger partial charge in [-0.3, -0.25) is 14.2 Å². The predicted molar refractivity (Wildman–Crippen MR) is 154 cm³/mol. The largest absolute Gasteiger partial charge is 0.325 e. The topological polar surface area (TPSA) is 64.0 Å². The predicted octanol–water partition coefficient (Wildman–Crippen LogP) is 6.70. The third-order valence-electron chi connectivity index (χ3n) is 7.96. The number of aryl methyl sites for hydroxylation is 1. The van der Waals surface area contributed by atoms with E-state index in [1.54, 1.807) is 4.57 Å². The van der Waals surface area contributed by atoms with Crippen LogP contribution in [0.4, 0.5) is 5.69 Å². The van der Waals surface area contributed by atoms with Gasteiger partial charge in [-0.1, -0.05) is 91.7 Å². The van der Waals surface area contributed by atoms with Crippen LogP contribution in [0, 0.1) is 6.92 Å². The maximum atomic E-state index is 14.5. The van der Waals surface area contributed by atoms with E-state index < -0.39 is 0 Å². The molecule has 192 valence electrons. The van der Waals surface area contributed by atoms with Gasteiger partial charge in [-0.2, -0.15) is 0 Å². The zero-order chi connectivity index (χ0) is 26.1. The zero-order valence-corrected chi connectivity index (χ0v) is 22.4. The summed E-state index contributed by atoms with van der Waals surface area (Å²) in [5.41, 5.74) is 6.36. The Bertz CT molecular complexity index is 1550. The maximum absolute atomic E-state index is 14.5. The first-order valence-electron chi connectivity index (χ1n) is 13.4. The van der Waals surface area contributed by atoms with Gasteiger partial charge in [-0.25, -0.2) is 4.98 Å². The highest BCUT2D eigenvalue weighted by molar-refractivity contribution is 7.99. The fourth-order valence-electron chi connectivity index (χ4n) is 6.12. The number of rotatable bonds is 5. The summed E-state index contributed by atoms with van der Waals surface area (Å²) in [6.45, 7) is 1.97. The lowest BCUT2D eigenvalue weighted by Gasteiger charge is -2.42. The number of nitrogens with zero attached hydrogens (tertiary/aromatic N) is 2. The van der Waals surface area contributed by atoms with Crippen LogP contribution in [-0.4, -0.2) is 21.2 Å². The molecule has 0 unspecified atom stereocenters. The van der Waals surface area contributed by atoms with Crippen LogP contribution in [0.25, 0.3) is 16.9 Å². The van der Waals surface area contributed by atoms with Gasteiger partial charge in [0.1, 0.15) is 0 Å². The van der Waals surface area contributed by atoms with Gasteiger partial charge in [-0.05, 0) is 55.5 Å². The van der Waals surface area contributed by atoms with E-state index in [4.69, 9.17) is 4.98 Å². The third-order valence-corrected chi connectivity index (χ3v) is 8.90. The molecule has 1 fully saturated rings. The van der Waals surface area contributed by atoms with E-state index >= 15 is 0 Å². The highest BCUT2D eigenvalue weighted by Crippen LogP contribution is 2.49. The molecule has 0 radical (unpaired) electrons. The normalized spacial score (nSPS) is 15.5. The Morgan fingerprint density at radius 3 is 2.45 bits per heavy atom. The van der Waals surface area contributed by atoms with Crippen molar-refractivity contribution in [2.24, 2.45) is 0 Å². The second kappa shape index (κ2) is 10.3. The van der Waals surface area contributed by atoms with E-state index in [0.717, 1.165) is 65.9 Å². The van der Waals surface area contributed by atoms with Crippen molar-refractivity contribution < 1.29 is 4.79 Å². The molecule has 0 saturated heterocycles. The van der Waals surface area contributed by atoms with E-state index in [2.05, 4.69) is 23.5 Å². The summed E-state index contributed by atoms with van der Waals surface area (Å²) in [4.78, 5) is 32.6. The van der Waals surface area contributed by atoms with Crippen LogP contribution < -0.4 is 10.9 Å². The summed E-state index contributed by atoms with van der Waals surface area (Å²) < 4.78 is 1.73.